The van der Waals surface area contributed by atoms with Crippen molar-refractivity contribution in [3.05, 3.63) is 35.9 Å². The highest BCUT2D eigenvalue weighted by atomic mass is 32.2. The maximum atomic E-state index is 3.81. The molecule has 1 N–H and O–H groups in total. The molecule has 1 saturated carbocycles. The Labute approximate surface area is 102 Å². The Morgan fingerprint density at radius 1 is 1.19 bits per heavy atom. The molecule has 0 radical (unpaired) electrons. The maximum absolute atomic E-state index is 3.81. The van der Waals surface area contributed by atoms with Crippen LogP contribution >= 0.6 is 11.8 Å². The molecular weight excluding hydrogens is 214 g/mol. The highest BCUT2D eigenvalue weighted by Gasteiger charge is 2.40. The van der Waals surface area contributed by atoms with Gasteiger partial charge in [0.2, 0.25) is 0 Å². The Hall–Kier alpha value is -0.470. The van der Waals surface area contributed by atoms with E-state index in [4.69, 9.17) is 0 Å². The Balaban J connectivity index is 1.53. The molecule has 0 aromatic heterocycles. The molecule has 1 saturated heterocycles. The summed E-state index contributed by atoms with van der Waals surface area (Å²) in [6.45, 7) is 2.34. The van der Waals surface area contributed by atoms with Gasteiger partial charge in [-0.2, -0.15) is 11.8 Å². The first-order valence-electron chi connectivity index (χ1n) is 6.25. The quantitative estimate of drug-likeness (QED) is 0.861. The van der Waals surface area contributed by atoms with E-state index in [9.17, 15) is 0 Å². The third-order valence-electron chi connectivity index (χ3n) is 3.67. The minimum Gasteiger partial charge on any atom is -0.310 e. The molecule has 1 aliphatic heterocycles. The second kappa shape index (κ2) is 4.42. The van der Waals surface area contributed by atoms with Crippen LogP contribution in [-0.2, 0) is 0 Å². The van der Waals surface area contributed by atoms with E-state index < -0.39 is 0 Å². The van der Waals surface area contributed by atoms with Crippen molar-refractivity contribution in [2.75, 3.05) is 5.75 Å². The van der Waals surface area contributed by atoms with Crippen molar-refractivity contribution in [1.82, 2.24) is 5.32 Å². The summed E-state index contributed by atoms with van der Waals surface area (Å²) in [4.78, 5) is 0. The number of thioether (sulfide) groups is 1. The zero-order valence-corrected chi connectivity index (χ0v) is 10.5. The minimum atomic E-state index is 0.748. The fraction of sp³-hybridized carbons (Fsp3) is 0.571. The van der Waals surface area contributed by atoms with Crippen LogP contribution in [0.3, 0.4) is 0 Å². The predicted octanol–water partition coefficient (Wildman–Crippen LogP) is 3.03. The normalized spacial score (nSPS) is 37.6. The van der Waals surface area contributed by atoms with Gasteiger partial charge in [-0.3, -0.25) is 0 Å². The average Bonchev–Trinajstić information content (AvgIpc) is 2.95. The Morgan fingerprint density at radius 2 is 2.00 bits per heavy atom. The lowest BCUT2D eigenvalue weighted by Crippen LogP contribution is -2.31. The molecule has 2 heteroatoms. The van der Waals surface area contributed by atoms with Crippen LogP contribution in [0.5, 0.6) is 0 Å². The van der Waals surface area contributed by atoms with Crippen LogP contribution < -0.4 is 5.32 Å². The molecule has 16 heavy (non-hydrogen) atoms. The molecule has 0 spiro atoms. The monoisotopic (exact) mass is 233 g/mol. The second-order valence-corrected chi connectivity index (χ2v) is 6.57. The average molecular weight is 233 g/mol. The molecule has 2 fully saturated rings. The van der Waals surface area contributed by atoms with E-state index in [1.165, 1.54) is 24.2 Å². The molecule has 1 aliphatic carbocycles. The fourth-order valence-electron chi connectivity index (χ4n) is 2.68. The zero-order chi connectivity index (χ0) is 11.0. The summed E-state index contributed by atoms with van der Waals surface area (Å²) in [5.41, 5.74) is 1.51. The SMILES string of the molecule is CC1CC(NC2CC2c2ccccc2)CS1. The third-order valence-corrected chi connectivity index (χ3v) is 5.02. The molecule has 3 rings (SSSR count). The first kappa shape index (κ1) is 10.7. The third kappa shape index (κ3) is 2.28. The van der Waals surface area contributed by atoms with Gasteiger partial charge in [-0.25, -0.2) is 0 Å². The number of benzene rings is 1. The van der Waals surface area contributed by atoms with Gasteiger partial charge in [-0.15, -0.1) is 0 Å². The molecule has 1 nitrogen and oxygen atoms in total. The van der Waals surface area contributed by atoms with Crippen LogP contribution in [0.1, 0.15) is 31.2 Å². The zero-order valence-electron chi connectivity index (χ0n) is 9.73. The first-order chi connectivity index (χ1) is 7.83. The van der Waals surface area contributed by atoms with Gasteiger partial charge in [0, 0.05) is 29.0 Å². The van der Waals surface area contributed by atoms with Crippen LogP contribution in [0, 0.1) is 0 Å². The number of rotatable bonds is 3. The molecule has 4 unspecified atom stereocenters. The second-order valence-electron chi connectivity index (χ2n) is 5.10. The standard InChI is InChI=1S/C14H19NS/c1-10-7-12(9-16-10)15-14-8-13(14)11-5-3-2-4-6-11/h2-6,10,12-15H,7-9H2,1H3. The summed E-state index contributed by atoms with van der Waals surface area (Å²) in [6.07, 6.45) is 2.68. The lowest BCUT2D eigenvalue weighted by Gasteiger charge is -2.11. The van der Waals surface area contributed by atoms with Crippen molar-refractivity contribution >= 4 is 11.8 Å². The van der Waals surface area contributed by atoms with E-state index in [1.54, 1.807) is 0 Å². The van der Waals surface area contributed by atoms with Gasteiger partial charge in [-0.05, 0) is 18.4 Å². The van der Waals surface area contributed by atoms with Crippen molar-refractivity contribution in [2.24, 2.45) is 0 Å². The molecule has 1 heterocycles. The Bertz CT molecular complexity index is 351. The van der Waals surface area contributed by atoms with Gasteiger partial charge in [0.05, 0.1) is 0 Å². The van der Waals surface area contributed by atoms with E-state index in [0.717, 1.165) is 23.3 Å². The van der Waals surface area contributed by atoms with E-state index in [2.05, 4.69) is 54.3 Å². The van der Waals surface area contributed by atoms with Gasteiger partial charge < -0.3 is 5.32 Å². The van der Waals surface area contributed by atoms with Crippen molar-refractivity contribution in [3.8, 4) is 0 Å². The Morgan fingerprint density at radius 3 is 2.69 bits per heavy atom. The number of hydrogen-bond donors (Lipinski definition) is 1. The smallest absolute Gasteiger partial charge is 0.0171 e. The van der Waals surface area contributed by atoms with Gasteiger partial charge in [0.1, 0.15) is 0 Å². The summed E-state index contributed by atoms with van der Waals surface area (Å²) in [6, 6.07) is 12.4. The first-order valence-corrected chi connectivity index (χ1v) is 7.30. The summed E-state index contributed by atoms with van der Waals surface area (Å²) in [5, 5.41) is 4.66. The van der Waals surface area contributed by atoms with Crippen LogP contribution in [0.4, 0.5) is 0 Å². The van der Waals surface area contributed by atoms with Gasteiger partial charge in [-0.1, -0.05) is 37.3 Å². The van der Waals surface area contributed by atoms with Crippen LogP contribution in [0.15, 0.2) is 30.3 Å². The molecule has 1 aromatic carbocycles. The van der Waals surface area contributed by atoms with Crippen LogP contribution in [0.25, 0.3) is 0 Å². The van der Waals surface area contributed by atoms with Crippen molar-refractivity contribution in [2.45, 2.75) is 43.0 Å². The van der Waals surface area contributed by atoms with Crippen LogP contribution in [-0.4, -0.2) is 23.1 Å². The van der Waals surface area contributed by atoms with Gasteiger partial charge in [0.25, 0.3) is 0 Å². The number of hydrogen-bond acceptors (Lipinski definition) is 2. The van der Waals surface area contributed by atoms with Gasteiger partial charge >= 0.3 is 0 Å². The Kier molecular flexibility index (Phi) is 2.95. The van der Waals surface area contributed by atoms with Crippen molar-refractivity contribution in [3.63, 3.8) is 0 Å². The van der Waals surface area contributed by atoms with E-state index in [0.29, 0.717) is 0 Å². The van der Waals surface area contributed by atoms with Crippen molar-refractivity contribution < 1.29 is 0 Å². The lowest BCUT2D eigenvalue weighted by atomic mass is 10.1. The van der Waals surface area contributed by atoms with E-state index in [-0.39, 0.29) is 0 Å². The van der Waals surface area contributed by atoms with Crippen molar-refractivity contribution in [1.29, 1.82) is 0 Å². The molecule has 0 amide bonds. The molecule has 0 bridgehead atoms. The topological polar surface area (TPSA) is 12.0 Å². The molecule has 4 atom stereocenters. The molecule has 2 aliphatic rings. The summed E-state index contributed by atoms with van der Waals surface area (Å²) in [5.74, 6) is 2.08. The molecule has 1 aromatic rings. The largest absolute Gasteiger partial charge is 0.310 e. The maximum Gasteiger partial charge on any atom is 0.0171 e. The number of nitrogens with one attached hydrogen (secondary N) is 1. The summed E-state index contributed by atoms with van der Waals surface area (Å²) in [7, 11) is 0. The van der Waals surface area contributed by atoms with E-state index >= 15 is 0 Å². The molecule has 86 valence electrons. The van der Waals surface area contributed by atoms with E-state index in [1.807, 2.05) is 0 Å². The summed E-state index contributed by atoms with van der Waals surface area (Å²) < 4.78 is 0. The highest BCUT2D eigenvalue weighted by molar-refractivity contribution is 8.00. The summed E-state index contributed by atoms with van der Waals surface area (Å²) >= 11 is 2.11. The fourth-order valence-corrected chi connectivity index (χ4v) is 3.85. The lowest BCUT2D eigenvalue weighted by molar-refractivity contribution is 0.530. The predicted molar refractivity (Wildman–Crippen MR) is 71.0 cm³/mol. The molecular formula is C14H19NS. The minimum absolute atomic E-state index is 0.748. The van der Waals surface area contributed by atoms with Crippen LogP contribution in [0.2, 0.25) is 0 Å². The van der Waals surface area contributed by atoms with Gasteiger partial charge in [0.15, 0.2) is 0 Å². The highest BCUT2D eigenvalue weighted by Crippen LogP contribution is 2.42.